The molecule has 20 heavy (non-hydrogen) atoms. The predicted molar refractivity (Wildman–Crippen MR) is 75.9 cm³/mol. The molecule has 0 aromatic heterocycles. The molecule has 0 fully saturated rings. The van der Waals surface area contributed by atoms with Crippen LogP contribution in [0.25, 0.3) is 0 Å². The van der Waals surface area contributed by atoms with Gasteiger partial charge in [0.1, 0.15) is 5.69 Å². The highest BCUT2D eigenvalue weighted by Crippen LogP contribution is 2.29. The third-order valence-electron chi connectivity index (χ3n) is 2.74. The lowest BCUT2D eigenvalue weighted by molar-refractivity contribution is -0.393. The summed E-state index contributed by atoms with van der Waals surface area (Å²) in [4.78, 5) is 20.2. The second kappa shape index (κ2) is 6.60. The normalized spacial score (nSPS) is 11.5. The number of non-ortho nitro benzene ring substituents is 1. The van der Waals surface area contributed by atoms with Crippen molar-refractivity contribution in [3.8, 4) is 0 Å². The Balaban J connectivity index is 3.12. The lowest BCUT2D eigenvalue weighted by Crippen LogP contribution is -2.09. The largest absolute Gasteiger partial charge is 0.301 e. The number of benzene rings is 1. The lowest BCUT2D eigenvalue weighted by Gasteiger charge is -2.08. The average Bonchev–Trinajstić information content (AvgIpc) is 2.38. The van der Waals surface area contributed by atoms with Gasteiger partial charge >= 0.3 is 5.69 Å². The molecule has 0 aliphatic rings. The first kappa shape index (κ1) is 15.5. The summed E-state index contributed by atoms with van der Waals surface area (Å²) in [5, 5.41) is 25.7. The lowest BCUT2D eigenvalue weighted by atomic mass is 10.1. The van der Waals surface area contributed by atoms with E-state index >= 15 is 0 Å². The first-order chi connectivity index (χ1) is 9.36. The summed E-state index contributed by atoms with van der Waals surface area (Å²) < 4.78 is 0. The molecule has 8 nitrogen and oxygen atoms in total. The first-order valence-corrected chi connectivity index (χ1v) is 6.12. The third kappa shape index (κ3) is 3.74. The Morgan fingerprint density at radius 2 is 1.95 bits per heavy atom. The van der Waals surface area contributed by atoms with E-state index in [0.717, 1.165) is 11.8 Å². The average molecular weight is 280 g/mol. The van der Waals surface area contributed by atoms with Crippen molar-refractivity contribution in [2.45, 2.75) is 27.2 Å². The van der Waals surface area contributed by atoms with Crippen molar-refractivity contribution in [1.29, 1.82) is 0 Å². The first-order valence-electron chi connectivity index (χ1n) is 6.12. The van der Waals surface area contributed by atoms with Gasteiger partial charge in [-0.3, -0.25) is 25.7 Å². The maximum absolute atomic E-state index is 10.9. The molecule has 0 bridgehead atoms. The van der Waals surface area contributed by atoms with Crippen LogP contribution in [0.1, 0.15) is 27.2 Å². The molecule has 0 spiro atoms. The maximum atomic E-state index is 10.9. The van der Waals surface area contributed by atoms with Gasteiger partial charge in [-0.15, -0.1) is 0 Å². The summed E-state index contributed by atoms with van der Waals surface area (Å²) in [6.45, 7) is 5.87. The highest BCUT2D eigenvalue weighted by Gasteiger charge is 2.19. The fraction of sp³-hybridized carbons (Fsp3) is 0.417. The third-order valence-corrected chi connectivity index (χ3v) is 2.74. The van der Waals surface area contributed by atoms with Gasteiger partial charge in [0.25, 0.3) is 5.69 Å². The minimum Gasteiger partial charge on any atom is -0.272 e. The van der Waals surface area contributed by atoms with Gasteiger partial charge in [-0.2, -0.15) is 5.10 Å². The minimum atomic E-state index is -0.675. The van der Waals surface area contributed by atoms with Crippen molar-refractivity contribution in [1.82, 2.24) is 0 Å². The van der Waals surface area contributed by atoms with Gasteiger partial charge < -0.3 is 0 Å². The Kier molecular flexibility index (Phi) is 5.13. The van der Waals surface area contributed by atoms with E-state index < -0.39 is 9.85 Å². The molecule has 0 amide bonds. The summed E-state index contributed by atoms with van der Waals surface area (Å²) in [6.07, 6.45) is 0.714. The van der Waals surface area contributed by atoms with Crippen LogP contribution in [0.15, 0.2) is 23.3 Å². The van der Waals surface area contributed by atoms with Crippen LogP contribution in [0, 0.1) is 26.1 Å². The number of nitro benzene ring substituents is 2. The number of hydrogen-bond donors (Lipinski definition) is 1. The fourth-order valence-corrected chi connectivity index (χ4v) is 1.63. The molecule has 0 saturated heterocycles. The predicted octanol–water partition coefficient (Wildman–Crippen LogP) is 3.34. The monoisotopic (exact) mass is 280 g/mol. The van der Waals surface area contributed by atoms with Crippen LogP contribution in [-0.4, -0.2) is 15.6 Å². The van der Waals surface area contributed by atoms with Crippen LogP contribution in [0.3, 0.4) is 0 Å². The van der Waals surface area contributed by atoms with Crippen molar-refractivity contribution in [2.75, 3.05) is 5.43 Å². The summed E-state index contributed by atoms with van der Waals surface area (Å²) >= 11 is 0. The Labute approximate surface area is 115 Å². The number of hydrazone groups is 1. The maximum Gasteiger partial charge on any atom is 0.301 e. The Morgan fingerprint density at radius 3 is 2.40 bits per heavy atom. The van der Waals surface area contributed by atoms with Crippen molar-refractivity contribution in [2.24, 2.45) is 11.0 Å². The number of anilines is 1. The number of rotatable bonds is 6. The molecule has 0 radical (unpaired) electrons. The molecule has 108 valence electrons. The van der Waals surface area contributed by atoms with E-state index in [1.54, 1.807) is 0 Å². The minimum absolute atomic E-state index is 0.132. The zero-order chi connectivity index (χ0) is 15.3. The molecule has 0 atom stereocenters. The molecule has 0 aliphatic heterocycles. The molecular weight excluding hydrogens is 264 g/mol. The zero-order valence-electron chi connectivity index (χ0n) is 11.5. The molecule has 0 heterocycles. The van der Waals surface area contributed by atoms with Crippen LogP contribution in [0.4, 0.5) is 17.1 Å². The van der Waals surface area contributed by atoms with Gasteiger partial charge in [-0.05, 0) is 18.4 Å². The van der Waals surface area contributed by atoms with E-state index in [9.17, 15) is 20.2 Å². The number of nitro groups is 2. The summed E-state index contributed by atoms with van der Waals surface area (Å²) in [6, 6.07) is 3.40. The van der Waals surface area contributed by atoms with Crippen LogP contribution in [0.5, 0.6) is 0 Å². The molecule has 1 N–H and O–H groups in total. The molecular formula is C12H16N4O4. The summed E-state index contributed by atoms with van der Waals surface area (Å²) in [5.41, 5.74) is 2.91. The molecule has 1 aromatic rings. The highest BCUT2D eigenvalue weighted by atomic mass is 16.6. The van der Waals surface area contributed by atoms with Crippen LogP contribution >= 0.6 is 0 Å². The van der Waals surface area contributed by atoms with Crippen molar-refractivity contribution >= 4 is 22.8 Å². The van der Waals surface area contributed by atoms with E-state index in [-0.39, 0.29) is 23.0 Å². The quantitative estimate of drug-likeness (QED) is 0.488. The SMILES string of the molecule is CC/C(=N/Nc1ccc([N+](=O)[O-])cc1[N+](=O)[O-])C(C)C. The van der Waals surface area contributed by atoms with Gasteiger partial charge in [0.05, 0.1) is 15.9 Å². The zero-order valence-corrected chi connectivity index (χ0v) is 11.5. The van der Waals surface area contributed by atoms with E-state index in [2.05, 4.69) is 10.5 Å². The Bertz CT molecular complexity index is 554. The Hall–Kier alpha value is -2.51. The van der Waals surface area contributed by atoms with Crippen molar-refractivity contribution in [3.63, 3.8) is 0 Å². The van der Waals surface area contributed by atoms with E-state index in [1.165, 1.54) is 12.1 Å². The van der Waals surface area contributed by atoms with E-state index in [1.807, 2.05) is 20.8 Å². The van der Waals surface area contributed by atoms with Gasteiger partial charge in [0, 0.05) is 11.8 Å². The number of nitrogens with zero attached hydrogens (tertiary/aromatic N) is 3. The number of hydrogen-bond acceptors (Lipinski definition) is 6. The van der Waals surface area contributed by atoms with Crippen LogP contribution in [0.2, 0.25) is 0 Å². The molecule has 1 aromatic carbocycles. The standard InChI is InChI=1S/C12H16N4O4/c1-4-10(8(2)3)13-14-11-6-5-9(15(17)18)7-12(11)16(19)20/h5-8,14H,4H2,1-3H3/b13-10-. The second-order valence-electron chi connectivity index (χ2n) is 4.44. The molecule has 0 unspecified atom stereocenters. The van der Waals surface area contributed by atoms with Gasteiger partial charge in [-0.25, -0.2) is 0 Å². The fourth-order valence-electron chi connectivity index (χ4n) is 1.63. The highest BCUT2D eigenvalue weighted by molar-refractivity contribution is 5.86. The van der Waals surface area contributed by atoms with Crippen molar-refractivity contribution in [3.05, 3.63) is 38.4 Å². The molecule has 8 heteroatoms. The second-order valence-corrected chi connectivity index (χ2v) is 4.44. The molecule has 0 aliphatic carbocycles. The van der Waals surface area contributed by atoms with Crippen LogP contribution < -0.4 is 5.43 Å². The number of nitrogens with one attached hydrogen (secondary N) is 1. The Morgan fingerprint density at radius 1 is 1.30 bits per heavy atom. The van der Waals surface area contributed by atoms with Gasteiger partial charge in [-0.1, -0.05) is 20.8 Å². The molecule has 1 rings (SSSR count). The van der Waals surface area contributed by atoms with E-state index in [4.69, 9.17) is 0 Å². The van der Waals surface area contributed by atoms with Gasteiger partial charge in [0.2, 0.25) is 0 Å². The topological polar surface area (TPSA) is 111 Å². The molecule has 0 saturated carbocycles. The smallest absolute Gasteiger partial charge is 0.272 e. The van der Waals surface area contributed by atoms with Crippen molar-refractivity contribution < 1.29 is 9.85 Å². The summed E-state index contributed by atoms with van der Waals surface area (Å²) in [7, 11) is 0. The van der Waals surface area contributed by atoms with Crippen LogP contribution in [-0.2, 0) is 0 Å². The summed E-state index contributed by atoms with van der Waals surface area (Å²) in [5.74, 6) is 0.213. The van der Waals surface area contributed by atoms with Gasteiger partial charge in [0.15, 0.2) is 0 Å². The van der Waals surface area contributed by atoms with E-state index in [0.29, 0.717) is 6.42 Å².